The minimum atomic E-state index is -1.04. The van der Waals surface area contributed by atoms with Crippen molar-refractivity contribution in [2.45, 2.75) is 70.1 Å². The molecule has 1 aromatic carbocycles. The van der Waals surface area contributed by atoms with Crippen molar-refractivity contribution >= 4 is 45.3 Å². The van der Waals surface area contributed by atoms with Gasteiger partial charge in [-0.1, -0.05) is 13.0 Å². The molecule has 32 heavy (non-hydrogen) atoms. The van der Waals surface area contributed by atoms with E-state index in [0.717, 1.165) is 31.8 Å². The zero-order valence-electron chi connectivity index (χ0n) is 19.4. The molecule has 0 aliphatic rings. The molecule has 0 fully saturated rings. The zero-order valence-corrected chi connectivity index (χ0v) is 21.0. The highest BCUT2D eigenvalue weighted by Gasteiger charge is 2.35. The summed E-state index contributed by atoms with van der Waals surface area (Å²) in [4.78, 5) is 29.6. The number of nitrogens with zero attached hydrogens (tertiary/aromatic N) is 2. The second-order valence-corrected chi connectivity index (χ2v) is 11.5. The highest BCUT2D eigenvalue weighted by atomic mass is 32.2. The van der Waals surface area contributed by atoms with Gasteiger partial charge in [0.15, 0.2) is 5.69 Å². The maximum Gasteiger partial charge on any atom is 0.354 e. The molecule has 2 aromatic heterocycles. The van der Waals surface area contributed by atoms with Gasteiger partial charge in [-0.25, -0.2) is 9.78 Å². The number of hydrogen-bond acceptors (Lipinski definition) is 7. The number of hydrogen-bond donors (Lipinski definition) is 1. The third-order valence-electron chi connectivity index (χ3n) is 4.88. The first kappa shape index (κ1) is 24.2. The van der Waals surface area contributed by atoms with E-state index in [1.54, 1.807) is 6.20 Å². The van der Waals surface area contributed by atoms with E-state index in [1.165, 1.54) is 23.3 Å². The number of carbonyl (C=O) groups excluding carboxylic acids is 1. The lowest BCUT2D eigenvalue weighted by molar-refractivity contribution is -0.156. The molecule has 0 saturated carbocycles. The van der Waals surface area contributed by atoms with Gasteiger partial charge >= 0.3 is 11.9 Å². The van der Waals surface area contributed by atoms with Gasteiger partial charge in [0.25, 0.3) is 0 Å². The van der Waals surface area contributed by atoms with Crippen molar-refractivity contribution in [3.05, 3.63) is 41.3 Å². The normalized spacial score (nSPS) is 12.2. The number of benzene rings is 1. The molecule has 6 nitrogen and oxygen atoms in total. The van der Waals surface area contributed by atoms with Crippen molar-refractivity contribution in [3.8, 4) is 11.1 Å². The molecule has 2 heterocycles. The molecule has 0 amide bonds. The number of aryl methyl sites for hydroxylation is 2. The van der Waals surface area contributed by atoms with Crippen LogP contribution < -0.4 is 0 Å². The molecular weight excluding hydrogens is 444 g/mol. The van der Waals surface area contributed by atoms with E-state index in [0.29, 0.717) is 12.0 Å². The van der Waals surface area contributed by atoms with E-state index in [2.05, 4.69) is 9.36 Å². The molecule has 3 aromatic rings. The van der Waals surface area contributed by atoms with Crippen molar-refractivity contribution in [2.24, 2.45) is 0 Å². The summed E-state index contributed by atoms with van der Waals surface area (Å²) < 4.78 is 10.3. The van der Waals surface area contributed by atoms with Gasteiger partial charge in [0, 0.05) is 27.6 Å². The number of aromatic nitrogens is 2. The first-order chi connectivity index (χ1) is 14.8. The third-order valence-corrected chi connectivity index (χ3v) is 7.09. The SMILES string of the molecule is CCc1cc(-c2c(SC(C)(C)C(=O)OC(C)(C)C)ccc3c(C)nsc23)cnc1C(=O)O. The molecule has 8 heteroatoms. The van der Waals surface area contributed by atoms with Gasteiger partial charge < -0.3 is 9.84 Å². The second kappa shape index (κ2) is 8.83. The summed E-state index contributed by atoms with van der Waals surface area (Å²) in [5.41, 5.74) is 2.79. The number of ether oxygens (including phenoxy) is 1. The number of fused-ring (bicyclic) bond motifs is 1. The topological polar surface area (TPSA) is 89.4 Å². The number of rotatable bonds is 6. The number of carbonyl (C=O) groups is 2. The van der Waals surface area contributed by atoms with Crippen LogP contribution in [0.25, 0.3) is 21.2 Å². The Morgan fingerprint density at radius 1 is 1.19 bits per heavy atom. The molecule has 170 valence electrons. The lowest BCUT2D eigenvalue weighted by atomic mass is 10.0. The summed E-state index contributed by atoms with van der Waals surface area (Å²) in [6, 6.07) is 5.89. The van der Waals surface area contributed by atoms with Gasteiger partial charge in [-0.05, 0) is 77.2 Å². The Morgan fingerprint density at radius 3 is 2.47 bits per heavy atom. The fraction of sp³-hybridized carbons (Fsp3) is 0.417. The molecule has 0 atom stereocenters. The predicted molar refractivity (Wildman–Crippen MR) is 130 cm³/mol. The first-order valence-electron chi connectivity index (χ1n) is 10.4. The van der Waals surface area contributed by atoms with Gasteiger partial charge in [-0.15, -0.1) is 11.8 Å². The monoisotopic (exact) mass is 472 g/mol. The molecular formula is C24H28N2O4S2. The Balaban J connectivity index is 2.17. The molecule has 3 rings (SSSR count). The van der Waals surface area contributed by atoms with E-state index in [-0.39, 0.29) is 11.7 Å². The van der Waals surface area contributed by atoms with E-state index >= 15 is 0 Å². The number of aromatic carboxylic acids is 1. The van der Waals surface area contributed by atoms with E-state index in [9.17, 15) is 14.7 Å². The average Bonchev–Trinajstić information content (AvgIpc) is 3.06. The summed E-state index contributed by atoms with van der Waals surface area (Å²) in [6.45, 7) is 13.1. The fourth-order valence-electron chi connectivity index (χ4n) is 3.29. The van der Waals surface area contributed by atoms with Crippen LogP contribution in [0.4, 0.5) is 0 Å². The highest BCUT2D eigenvalue weighted by Crippen LogP contribution is 2.45. The molecule has 0 bridgehead atoms. The molecule has 0 unspecified atom stereocenters. The Bertz CT molecular complexity index is 1190. The zero-order chi connectivity index (χ0) is 23.8. The van der Waals surface area contributed by atoms with Crippen LogP contribution in [0.2, 0.25) is 0 Å². The Morgan fingerprint density at radius 2 is 1.88 bits per heavy atom. The van der Waals surface area contributed by atoms with E-state index in [4.69, 9.17) is 4.74 Å². The second-order valence-electron chi connectivity index (χ2n) is 9.09. The minimum absolute atomic E-state index is 0.0622. The largest absolute Gasteiger partial charge is 0.477 e. The number of pyridine rings is 1. The number of carboxylic acid groups (broad SMARTS) is 1. The Hall–Kier alpha value is -2.45. The van der Waals surface area contributed by atoms with Crippen molar-refractivity contribution in [3.63, 3.8) is 0 Å². The molecule has 0 saturated heterocycles. The van der Waals surface area contributed by atoms with Crippen LogP contribution in [-0.2, 0) is 16.0 Å². The van der Waals surface area contributed by atoms with Crippen LogP contribution in [0.15, 0.2) is 29.3 Å². The summed E-state index contributed by atoms with van der Waals surface area (Å²) in [7, 11) is 0. The number of carboxylic acids is 1. The van der Waals surface area contributed by atoms with Crippen molar-refractivity contribution < 1.29 is 19.4 Å². The van der Waals surface area contributed by atoms with Crippen LogP contribution in [0.1, 0.15) is 63.3 Å². The highest BCUT2D eigenvalue weighted by molar-refractivity contribution is 8.01. The summed E-state index contributed by atoms with van der Waals surface area (Å²) in [6.07, 6.45) is 2.14. The van der Waals surface area contributed by atoms with Crippen molar-refractivity contribution in [2.75, 3.05) is 0 Å². The maximum atomic E-state index is 12.9. The van der Waals surface area contributed by atoms with Gasteiger partial charge in [0.2, 0.25) is 0 Å². The van der Waals surface area contributed by atoms with Crippen LogP contribution in [-0.4, -0.2) is 36.8 Å². The summed E-state index contributed by atoms with van der Waals surface area (Å²) >= 11 is 2.82. The third kappa shape index (κ3) is 4.96. The number of thioether (sulfide) groups is 1. The molecule has 0 spiro atoms. The summed E-state index contributed by atoms with van der Waals surface area (Å²) in [5, 5.41) is 10.5. The van der Waals surface area contributed by atoms with E-state index < -0.39 is 16.3 Å². The molecule has 0 aliphatic carbocycles. The van der Waals surface area contributed by atoms with Crippen LogP contribution in [0, 0.1) is 6.92 Å². The van der Waals surface area contributed by atoms with Gasteiger partial charge in [0.05, 0.1) is 10.4 Å². The smallest absolute Gasteiger partial charge is 0.354 e. The standard InChI is InChI=1S/C24H28N2O4S2/c1-8-14-11-15(12-25-19(14)21(27)28)18-17(10-9-16-13(2)26-32-20(16)18)31-24(6,7)22(29)30-23(3,4)5/h9-12H,8H2,1-7H3,(H,27,28). The van der Waals surface area contributed by atoms with Crippen LogP contribution >= 0.6 is 23.3 Å². The first-order valence-corrected chi connectivity index (χ1v) is 12.0. The van der Waals surface area contributed by atoms with Gasteiger partial charge in [0.1, 0.15) is 10.3 Å². The molecule has 0 aliphatic heterocycles. The van der Waals surface area contributed by atoms with Gasteiger partial charge in [-0.3, -0.25) is 4.79 Å². The lowest BCUT2D eigenvalue weighted by Crippen LogP contribution is -2.36. The summed E-state index contributed by atoms with van der Waals surface area (Å²) in [5.74, 6) is -1.34. The lowest BCUT2D eigenvalue weighted by Gasteiger charge is -2.28. The van der Waals surface area contributed by atoms with Crippen molar-refractivity contribution in [1.29, 1.82) is 0 Å². The minimum Gasteiger partial charge on any atom is -0.477 e. The average molecular weight is 473 g/mol. The van der Waals surface area contributed by atoms with Gasteiger partial charge in [-0.2, -0.15) is 4.37 Å². The molecule has 0 radical (unpaired) electrons. The quantitative estimate of drug-likeness (QED) is 0.340. The Kier molecular flexibility index (Phi) is 6.67. The van der Waals surface area contributed by atoms with Crippen LogP contribution in [0.3, 0.4) is 0 Å². The number of esters is 1. The molecule has 1 N–H and O–H groups in total. The Labute approximate surface area is 196 Å². The predicted octanol–water partition coefficient (Wildman–Crippen LogP) is 6.14. The van der Waals surface area contributed by atoms with E-state index in [1.807, 2.05) is 66.7 Å². The van der Waals surface area contributed by atoms with Crippen molar-refractivity contribution in [1.82, 2.24) is 9.36 Å². The van der Waals surface area contributed by atoms with Crippen LogP contribution in [0.5, 0.6) is 0 Å². The fourth-order valence-corrected chi connectivity index (χ4v) is 5.45. The maximum absolute atomic E-state index is 12.9.